The van der Waals surface area contributed by atoms with Crippen molar-refractivity contribution in [2.24, 2.45) is 0 Å². The summed E-state index contributed by atoms with van der Waals surface area (Å²) < 4.78 is 0. The maximum atomic E-state index is 10.7. The van der Waals surface area contributed by atoms with Crippen LogP contribution < -0.4 is 10.2 Å². The molecule has 0 saturated carbocycles. The SMILES string of the molecule is O=C(O)Nc1ccnc(N2CCc3ccccc3C2)c1. The third kappa shape index (κ3) is 2.56. The van der Waals surface area contributed by atoms with Crippen molar-refractivity contribution >= 4 is 17.6 Å². The number of carboxylic acid groups (broad SMARTS) is 1. The van der Waals surface area contributed by atoms with Crippen LogP contribution in [0.4, 0.5) is 16.3 Å². The summed E-state index contributed by atoms with van der Waals surface area (Å²) in [7, 11) is 0. The maximum Gasteiger partial charge on any atom is 0.409 e. The number of amides is 1. The molecule has 1 aromatic heterocycles. The topological polar surface area (TPSA) is 65.5 Å². The van der Waals surface area contributed by atoms with Gasteiger partial charge in [-0.1, -0.05) is 24.3 Å². The maximum absolute atomic E-state index is 10.7. The first-order chi connectivity index (χ1) is 9.72. The third-order valence-electron chi connectivity index (χ3n) is 3.45. The number of fused-ring (bicyclic) bond motifs is 1. The number of carbonyl (C=O) groups is 1. The first-order valence-corrected chi connectivity index (χ1v) is 6.50. The Bertz CT molecular complexity index is 643. The quantitative estimate of drug-likeness (QED) is 0.879. The number of pyridine rings is 1. The number of hydrogen-bond donors (Lipinski definition) is 2. The lowest BCUT2D eigenvalue weighted by Crippen LogP contribution is -2.31. The van der Waals surface area contributed by atoms with Gasteiger partial charge in [0.05, 0.1) is 0 Å². The van der Waals surface area contributed by atoms with Crippen LogP contribution in [0, 0.1) is 0 Å². The molecule has 2 heterocycles. The first kappa shape index (κ1) is 12.5. The lowest BCUT2D eigenvalue weighted by atomic mass is 10.00. The molecule has 0 bridgehead atoms. The van der Waals surface area contributed by atoms with Crippen molar-refractivity contribution in [2.45, 2.75) is 13.0 Å². The molecular weight excluding hydrogens is 254 g/mol. The predicted molar refractivity (Wildman–Crippen MR) is 77.1 cm³/mol. The van der Waals surface area contributed by atoms with Crippen molar-refractivity contribution in [3.8, 4) is 0 Å². The van der Waals surface area contributed by atoms with Gasteiger partial charge in [-0.2, -0.15) is 0 Å². The van der Waals surface area contributed by atoms with E-state index in [9.17, 15) is 4.79 Å². The van der Waals surface area contributed by atoms with Crippen molar-refractivity contribution in [1.82, 2.24) is 4.98 Å². The minimum absolute atomic E-state index is 0.543. The molecule has 0 aliphatic carbocycles. The molecule has 0 unspecified atom stereocenters. The molecule has 2 aromatic rings. The Balaban J connectivity index is 1.82. The zero-order valence-electron chi connectivity index (χ0n) is 10.9. The minimum Gasteiger partial charge on any atom is -0.465 e. The van der Waals surface area contributed by atoms with Gasteiger partial charge in [0.25, 0.3) is 0 Å². The average molecular weight is 269 g/mol. The van der Waals surface area contributed by atoms with Crippen molar-refractivity contribution < 1.29 is 9.90 Å². The van der Waals surface area contributed by atoms with Gasteiger partial charge in [-0.25, -0.2) is 9.78 Å². The van der Waals surface area contributed by atoms with Crippen LogP contribution >= 0.6 is 0 Å². The number of anilines is 2. The predicted octanol–water partition coefficient (Wildman–Crippen LogP) is 2.73. The summed E-state index contributed by atoms with van der Waals surface area (Å²) in [6.07, 6.45) is 1.54. The van der Waals surface area contributed by atoms with Crippen LogP contribution in [0.2, 0.25) is 0 Å². The van der Waals surface area contributed by atoms with Crippen LogP contribution in [0.1, 0.15) is 11.1 Å². The van der Waals surface area contributed by atoms with Crippen LogP contribution in [0.15, 0.2) is 42.6 Å². The highest BCUT2D eigenvalue weighted by Gasteiger charge is 2.17. The lowest BCUT2D eigenvalue weighted by Gasteiger charge is -2.29. The number of rotatable bonds is 2. The van der Waals surface area contributed by atoms with Crippen molar-refractivity contribution in [3.63, 3.8) is 0 Å². The van der Waals surface area contributed by atoms with Gasteiger partial charge in [-0.15, -0.1) is 0 Å². The number of nitrogens with zero attached hydrogens (tertiary/aromatic N) is 2. The van der Waals surface area contributed by atoms with Gasteiger partial charge in [0.1, 0.15) is 5.82 Å². The van der Waals surface area contributed by atoms with E-state index < -0.39 is 6.09 Å². The molecule has 1 aliphatic heterocycles. The summed E-state index contributed by atoms with van der Waals surface area (Å²) in [5, 5.41) is 11.1. The number of benzene rings is 1. The van der Waals surface area contributed by atoms with Gasteiger partial charge in [0.15, 0.2) is 0 Å². The summed E-state index contributed by atoms with van der Waals surface area (Å²) in [4.78, 5) is 17.2. The molecule has 20 heavy (non-hydrogen) atoms. The molecule has 1 aliphatic rings. The Kier molecular flexibility index (Phi) is 3.25. The Labute approximate surface area is 116 Å². The van der Waals surface area contributed by atoms with E-state index >= 15 is 0 Å². The molecule has 0 atom stereocenters. The summed E-state index contributed by atoms with van der Waals surface area (Å²) in [6, 6.07) is 11.8. The fraction of sp³-hybridized carbons (Fsp3) is 0.200. The molecule has 5 heteroatoms. The van der Waals surface area contributed by atoms with Gasteiger partial charge in [-0.3, -0.25) is 5.32 Å². The highest BCUT2D eigenvalue weighted by Crippen LogP contribution is 2.24. The number of hydrogen-bond acceptors (Lipinski definition) is 3. The largest absolute Gasteiger partial charge is 0.465 e. The molecule has 0 fully saturated rings. The van der Waals surface area contributed by atoms with E-state index in [4.69, 9.17) is 5.11 Å². The van der Waals surface area contributed by atoms with Gasteiger partial charge < -0.3 is 10.0 Å². The molecule has 0 spiro atoms. The first-order valence-electron chi connectivity index (χ1n) is 6.50. The second-order valence-corrected chi connectivity index (χ2v) is 4.77. The van der Waals surface area contributed by atoms with E-state index in [1.54, 1.807) is 18.3 Å². The standard InChI is InChI=1S/C15H15N3O2/c19-15(20)17-13-5-7-16-14(9-13)18-8-6-11-3-1-2-4-12(11)10-18/h1-5,7,9H,6,8,10H2,(H,16,17)(H,19,20). The molecule has 0 saturated heterocycles. The highest BCUT2D eigenvalue weighted by atomic mass is 16.4. The monoisotopic (exact) mass is 269 g/mol. The molecule has 1 aromatic carbocycles. The van der Waals surface area contributed by atoms with Crippen LogP contribution in [0.3, 0.4) is 0 Å². The zero-order chi connectivity index (χ0) is 13.9. The van der Waals surface area contributed by atoms with Crippen molar-refractivity contribution in [1.29, 1.82) is 0 Å². The molecule has 5 nitrogen and oxygen atoms in total. The van der Waals surface area contributed by atoms with E-state index in [0.717, 1.165) is 25.3 Å². The molecule has 3 rings (SSSR count). The van der Waals surface area contributed by atoms with Crippen LogP contribution in [-0.4, -0.2) is 22.7 Å². The average Bonchev–Trinajstić information content (AvgIpc) is 2.46. The van der Waals surface area contributed by atoms with Crippen LogP contribution in [-0.2, 0) is 13.0 Å². The Morgan fingerprint density at radius 3 is 2.85 bits per heavy atom. The Hall–Kier alpha value is -2.56. The van der Waals surface area contributed by atoms with E-state index in [1.807, 2.05) is 6.07 Å². The van der Waals surface area contributed by atoms with Crippen molar-refractivity contribution in [3.05, 3.63) is 53.7 Å². The molecule has 1 amide bonds. The van der Waals surface area contributed by atoms with E-state index in [2.05, 4.69) is 33.4 Å². The van der Waals surface area contributed by atoms with Gasteiger partial charge in [-0.05, 0) is 23.6 Å². The fourth-order valence-electron chi connectivity index (χ4n) is 2.48. The fourth-order valence-corrected chi connectivity index (χ4v) is 2.48. The Morgan fingerprint density at radius 1 is 1.25 bits per heavy atom. The summed E-state index contributed by atoms with van der Waals surface area (Å²) in [6.45, 7) is 1.69. The zero-order valence-corrected chi connectivity index (χ0v) is 10.9. The van der Waals surface area contributed by atoms with E-state index in [-0.39, 0.29) is 0 Å². The van der Waals surface area contributed by atoms with Gasteiger partial charge in [0.2, 0.25) is 0 Å². The van der Waals surface area contributed by atoms with Crippen LogP contribution in [0.25, 0.3) is 0 Å². The smallest absolute Gasteiger partial charge is 0.409 e. The lowest BCUT2D eigenvalue weighted by molar-refractivity contribution is 0.210. The van der Waals surface area contributed by atoms with Gasteiger partial charge >= 0.3 is 6.09 Å². The summed E-state index contributed by atoms with van der Waals surface area (Å²) in [5.41, 5.74) is 3.22. The second kappa shape index (κ2) is 5.21. The third-order valence-corrected chi connectivity index (χ3v) is 3.45. The molecular formula is C15H15N3O2. The molecule has 2 N–H and O–H groups in total. The normalized spacial score (nSPS) is 13.7. The molecule has 102 valence electrons. The van der Waals surface area contributed by atoms with Crippen molar-refractivity contribution in [2.75, 3.05) is 16.8 Å². The van der Waals surface area contributed by atoms with E-state index in [0.29, 0.717) is 5.69 Å². The van der Waals surface area contributed by atoms with Crippen LogP contribution in [0.5, 0.6) is 0 Å². The molecule has 0 radical (unpaired) electrons. The number of nitrogens with one attached hydrogen (secondary N) is 1. The second-order valence-electron chi connectivity index (χ2n) is 4.77. The summed E-state index contributed by atoms with van der Waals surface area (Å²) >= 11 is 0. The van der Waals surface area contributed by atoms with E-state index in [1.165, 1.54) is 11.1 Å². The highest BCUT2D eigenvalue weighted by molar-refractivity contribution is 5.83. The van der Waals surface area contributed by atoms with Gasteiger partial charge in [0, 0.05) is 31.0 Å². The minimum atomic E-state index is -1.06. The Morgan fingerprint density at radius 2 is 2.05 bits per heavy atom. The number of aromatic nitrogens is 1. The summed E-state index contributed by atoms with van der Waals surface area (Å²) in [5.74, 6) is 0.797.